The lowest BCUT2D eigenvalue weighted by molar-refractivity contribution is 0.168. The van der Waals surface area contributed by atoms with Crippen molar-refractivity contribution in [1.29, 1.82) is 0 Å². The van der Waals surface area contributed by atoms with Gasteiger partial charge in [-0.05, 0) is 36.4 Å². The summed E-state index contributed by atoms with van der Waals surface area (Å²) in [6, 6.07) is 9.16. The van der Waals surface area contributed by atoms with Crippen molar-refractivity contribution in [3.63, 3.8) is 0 Å². The summed E-state index contributed by atoms with van der Waals surface area (Å²) in [5.74, 6) is 1.08. The highest BCUT2D eigenvalue weighted by Gasteiger charge is 2.23. The van der Waals surface area contributed by atoms with Crippen molar-refractivity contribution in [2.24, 2.45) is 0 Å². The molecule has 1 aliphatic carbocycles. The van der Waals surface area contributed by atoms with Crippen molar-refractivity contribution < 1.29 is 4.42 Å². The number of hydrogen-bond acceptors (Lipinski definition) is 3. The summed E-state index contributed by atoms with van der Waals surface area (Å²) in [5, 5.41) is 2.16. The topological polar surface area (TPSA) is 16.4 Å². The van der Waals surface area contributed by atoms with Gasteiger partial charge < -0.3 is 4.42 Å². The van der Waals surface area contributed by atoms with E-state index in [1.54, 1.807) is 6.26 Å². The Hall–Kier alpha value is -1.06. The van der Waals surface area contributed by atoms with Crippen LogP contribution >= 0.6 is 11.3 Å². The lowest BCUT2D eigenvalue weighted by Crippen LogP contribution is -2.31. The van der Waals surface area contributed by atoms with Gasteiger partial charge in [0.1, 0.15) is 5.76 Å². The van der Waals surface area contributed by atoms with Crippen molar-refractivity contribution in [1.82, 2.24) is 4.90 Å². The molecule has 96 valence electrons. The van der Waals surface area contributed by atoms with Crippen LogP contribution in [-0.2, 0) is 13.1 Å². The Labute approximate surface area is 112 Å². The van der Waals surface area contributed by atoms with Crippen LogP contribution < -0.4 is 0 Å². The maximum atomic E-state index is 5.50. The first kappa shape index (κ1) is 12.0. The molecule has 0 radical (unpaired) electrons. The summed E-state index contributed by atoms with van der Waals surface area (Å²) >= 11 is 1.85. The van der Waals surface area contributed by atoms with Crippen LogP contribution in [0.1, 0.15) is 36.3 Å². The molecule has 0 aromatic carbocycles. The minimum absolute atomic E-state index is 0.734. The second kappa shape index (κ2) is 5.72. The largest absolute Gasteiger partial charge is 0.468 e. The molecule has 0 bridgehead atoms. The predicted octanol–water partition coefficient (Wildman–Crippen LogP) is 4.29. The molecule has 2 aromatic rings. The molecule has 3 rings (SSSR count). The van der Waals surface area contributed by atoms with E-state index in [-0.39, 0.29) is 0 Å². The van der Waals surface area contributed by atoms with Crippen molar-refractivity contribution in [2.45, 2.75) is 44.8 Å². The van der Waals surface area contributed by atoms with Gasteiger partial charge in [0.05, 0.1) is 12.8 Å². The second-order valence-electron chi connectivity index (χ2n) is 5.00. The van der Waals surface area contributed by atoms with Crippen molar-refractivity contribution >= 4 is 11.3 Å². The third-order valence-corrected chi connectivity index (χ3v) is 4.58. The normalized spacial score (nSPS) is 16.7. The number of hydrogen-bond donors (Lipinski definition) is 0. The summed E-state index contributed by atoms with van der Waals surface area (Å²) < 4.78 is 5.50. The number of nitrogens with zero attached hydrogens (tertiary/aromatic N) is 1. The van der Waals surface area contributed by atoms with Gasteiger partial charge in [-0.2, -0.15) is 0 Å². The molecule has 0 atom stereocenters. The fraction of sp³-hybridized carbons (Fsp3) is 0.467. The maximum Gasteiger partial charge on any atom is 0.117 e. The highest BCUT2D eigenvalue weighted by molar-refractivity contribution is 7.09. The highest BCUT2D eigenvalue weighted by atomic mass is 32.1. The summed E-state index contributed by atoms with van der Waals surface area (Å²) in [5.41, 5.74) is 0. The Morgan fingerprint density at radius 3 is 2.72 bits per heavy atom. The Balaban J connectivity index is 1.70. The predicted molar refractivity (Wildman–Crippen MR) is 74.5 cm³/mol. The van der Waals surface area contributed by atoms with E-state index in [0.717, 1.165) is 24.9 Å². The summed E-state index contributed by atoms with van der Waals surface area (Å²) in [6.45, 7) is 2.00. The van der Waals surface area contributed by atoms with E-state index in [4.69, 9.17) is 4.42 Å². The van der Waals surface area contributed by atoms with Crippen LogP contribution in [0.25, 0.3) is 0 Å². The van der Waals surface area contributed by atoms with Gasteiger partial charge in [-0.1, -0.05) is 18.9 Å². The SMILES string of the molecule is c1coc(CN(Cc2cccs2)C2CCCC2)c1. The first-order chi connectivity index (χ1) is 8.92. The zero-order valence-electron chi connectivity index (χ0n) is 10.5. The monoisotopic (exact) mass is 261 g/mol. The van der Waals surface area contributed by atoms with Crippen LogP contribution in [0.15, 0.2) is 40.3 Å². The molecule has 0 saturated heterocycles. The average molecular weight is 261 g/mol. The molecule has 0 spiro atoms. The highest BCUT2D eigenvalue weighted by Crippen LogP contribution is 2.27. The minimum Gasteiger partial charge on any atom is -0.468 e. The first-order valence-corrected chi connectivity index (χ1v) is 7.58. The Kier molecular flexibility index (Phi) is 3.81. The Bertz CT molecular complexity index is 407. The van der Waals surface area contributed by atoms with Gasteiger partial charge in [-0.15, -0.1) is 11.3 Å². The zero-order valence-corrected chi connectivity index (χ0v) is 11.4. The Morgan fingerprint density at radius 2 is 2.06 bits per heavy atom. The smallest absolute Gasteiger partial charge is 0.117 e. The van der Waals surface area contributed by atoms with Crippen molar-refractivity contribution in [2.75, 3.05) is 0 Å². The van der Waals surface area contributed by atoms with Crippen LogP contribution in [0, 0.1) is 0 Å². The van der Waals surface area contributed by atoms with Crippen LogP contribution in [-0.4, -0.2) is 10.9 Å². The third-order valence-electron chi connectivity index (χ3n) is 3.72. The average Bonchev–Trinajstić information content (AvgIpc) is 3.13. The van der Waals surface area contributed by atoms with E-state index in [1.807, 2.05) is 17.4 Å². The number of rotatable bonds is 5. The summed E-state index contributed by atoms with van der Waals surface area (Å²) in [7, 11) is 0. The molecule has 0 N–H and O–H groups in total. The molecular weight excluding hydrogens is 242 g/mol. The third kappa shape index (κ3) is 2.85. The first-order valence-electron chi connectivity index (χ1n) is 6.70. The lowest BCUT2D eigenvalue weighted by Gasteiger charge is -2.27. The van der Waals surface area contributed by atoms with Crippen LogP contribution in [0.4, 0.5) is 0 Å². The van der Waals surface area contributed by atoms with E-state index in [1.165, 1.54) is 30.6 Å². The zero-order chi connectivity index (χ0) is 12.2. The fourth-order valence-electron chi connectivity index (χ4n) is 2.79. The maximum absolute atomic E-state index is 5.50. The molecule has 1 saturated carbocycles. The molecule has 18 heavy (non-hydrogen) atoms. The molecule has 1 aliphatic rings. The van der Waals surface area contributed by atoms with Gasteiger partial charge in [0.25, 0.3) is 0 Å². The summed E-state index contributed by atoms with van der Waals surface area (Å²) in [4.78, 5) is 4.03. The molecule has 2 nitrogen and oxygen atoms in total. The molecule has 2 heterocycles. The standard InChI is InChI=1S/C15H19NOS/c1-2-6-13(5-1)16(11-14-7-3-9-17-14)12-15-8-4-10-18-15/h3-4,7-10,13H,1-2,5-6,11-12H2. The minimum atomic E-state index is 0.734. The molecule has 3 heteroatoms. The molecule has 0 amide bonds. The van der Waals surface area contributed by atoms with Gasteiger partial charge in [-0.3, -0.25) is 4.90 Å². The van der Waals surface area contributed by atoms with Gasteiger partial charge in [-0.25, -0.2) is 0 Å². The molecule has 1 fully saturated rings. The van der Waals surface area contributed by atoms with E-state index in [9.17, 15) is 0 Å². The van der Waals surface area contributed by atoms with Crippen LogP contribution in [0.2, 0.25) is 0 Å². The molecular formula is C15H19NOS. The Morgan fingerprint density at radius 1 is 1.17 bits per heavy atom. The van der Waals surface area contributed by atoms with E-state index in [2.05, 4.69) is 28.5 Å². The molecule has 0 unspecified atom stereocenters. The van der Waals surface area contributed by atoms with Gasteiger partial charge in [0, 0.05) is 17.5 Å². The quantitative estimate of drug-likeness (QED) is 0.798. The van der Waals surface area contributed by atoms with Gasteiger partial charge in [0.15, 0.2) is 0 Å². The summed E-state index contributed by atoms with van der Waals surface area (Å²) in [6.07, 6.45) is 7.21. The van der Waals surface area contributed by atoms with E-state index < -0.39 is 0 Å². The van der Waals surface area contributed by atoms with Crippen LogP contribution in [0.3, 0.4) is 0 Å². The number of thiophene rings is 1. The molecule has 0 aliphatic heterocycles. The van der Waals surface area contributed by atoms with Crippen molar-refractivity contribution in [3.8, 4) is 0 Å². The number of furan rings is 1. The van der Waals surface area contributed by atoms with E-state index in [0.29, 0.717) is 0 Å². The lowest BCUT2D eigenvalue weighted by atomic mass is 10.2. The van der Waals surface area contributed by atoms with E-state index >= 15 is 0 Å². The van der Waals surface area contributed by atoms with Crippen LogP contribution in [0.5, 0.6) is 0 Å². The molecule has 2 aromatic heterocycles. The van der Waals surface area contributed by atoms with Gasteiger partial charge >= 0.3 is 0 Å². The fourth-order valence-corrected chi connectivity index (χ4v) is 3.52. The van der Waals surface area contributed by atoms with Crippen molar-refractivity contribution in [3.05, 3.63) is 46.5 Å². The van der Waals surface area contributed by atoms with Gasteiger partial charge in [0.2, 0.25) is 0 Å². The second-order valence-corrected chi connectivity index (χ2v) is 6.03.